The molecule has 4 N–H and O–H groups in total. The topological polar surface area (TPSA) is 106 Å². The van der Waals surface area contributed by atoms with Crippen molar-refractivity contribution in [3.8, 4) is 11.5 Å². The highest BCUT2D eigenvalue weighted by atomic mass is 16.5. The van der Waals surface area contributed by atoms with Crippen molar-refractivity contribution in [3.05, 3.63) is 23.8 Å². The van der Waals surface area contributed by atoms with Crippen LogP contribution in [0, 0.1) is 29.6 Å². The third-order valence-corrected chi connectivity index (χ3v) is 7.83. The van der Waals surface area contributed by atoms with Gasteiger partial charge in [0.15, 0.2) is 11.5 Å². The molecule has 1 fully saturated rings. The van der Waals surface area contributed by atoms with Gasteiger partial charge in [-0.15, -0.1) is 0 Å². The van der Waals surface area contributed by atoms with E-state index in [0.717, 1.165) is 37.2 Å². The average molecular weight is 536 g/mol. The summed E-state index contributed by atoms with van der Waals surface area (Å²) in [5.74, 6) is 2.51. The van der Waals surface area contributed by atoms with Crippen molar-refractivity contribution < 1.29 is 24.1 Å². The predicted molar refractivity (Wildman–Crippen MR) is 153 cm³/mol. The maximum absolute atomic E-state index is 12.9. The lowest BCUT2D eigenvalue weighted by Gasteiger charge is -2.36. The maximum atomic E-state index is 12.9. The molecule has 1 amide bonds. The maximum Gasteiger partial charge on any atom is 0.223 e. The molecule has 1 aromatic rings. The van der Waals surface area contributed by atoms with Crippen molar-refractivity contribution >= 4 is 5.91 Å². The van der Waals surface area contributed by atoms with Gasteiger partial charge in [0, 0.05) is 57.6 Å². The first-order valence-corrected chi connectivity index (χ1v) is 14.2. The van der Waals surface area contributed by atoms with E-state index in [-0.39, 0.29) is 23.7 Å². The highest BCUT2D eigenvalue weighted by Gasteiger charge is 2.31. The summed E-state index contributed by atoms with van der Waals surface area (Å²) in [5, 5.41) is 14.2. The number of benzene rings is 1. The van der Waals surface area contributed by atoms with Crippen molar-refractivity contribution in [3.63, 3.8) is 0 Å². The van der Waals surface area contributed by atoms with E-state index in [1.807, 2.05) is 26.0 Å². The number of nitrogens with two attached hydrogens (primary N) is 1. The fourth-order valence-electron chi connectivity index (χ4n) is 5.20. The second-order valence-electron chi connectivity index (χ2n) is 11.8. The number of nitrogens with zero attached hydrogens (tertiary/aromatic N) is 1. The van der Waals surface area contributed by atoms with Crippen LogP contribution in [0.15, 0.2) is 18.2 Å². The zero-order valence-corrected chi connectivity index (χ0v) is 24.7. The molecule has 0 saturated carbocycles. The summed E-state index contributed by atoms with van der Waals surface area (Å²) in [5.41, 5.74) is 7.70. The third kappa shape index (κ3) is 10.4. The quantitative estimate of drug-likeness (QED) is 0.248. The molecule has 38 heavy (non-hydrogen) atoms. The van der Waals surface area contributed by atoms with E-state index in [1.165, 1.54) is 0 Å². The highest BCUT2D eigenvalue weighted by molar-refractivity contribution is 5.78. The molecule has 0 spiro atoms. The van der Waals surface area contributed by atoms with Crippen LogP contribution in [0.1, 0.15) is 52.5 Å². The molecule has 0 aliphatic carbocycles. The Morgan fingerprint density at radius 1 is 1.11 bits per heavy atom. The minimum atomic E-state index is -0.736. The van der Waals surface area contributed by atoms with Crippen LogP contribution in [-0.4, -0.2) is 82.2 Å². The monoisotopic (exact) mass is 535 g/mol. The first kappa shape index (κ1) is 32.3. The molecule has 4 atom stereocenters. The summed E-state index contributed by atoms with van der Waals surface area (Å²) in [6.07, 6.45) is 1.94. The molecule has 1 heterocycles. The second-order valence-corrected chi connectivity index (χ2v) is 11.8. The fourth-order valence-corrected chi connectivity index (χ4v) is 5.20. The molecule has 1 aliphatic heterocycles. The molecular weight excluding hydrogens is 482 g/mol. The van der Waals surface area contributed by atoms with Gasteiger partial charge < -0.3 is 35.3 Å². The molecule has 0 unspecified atom stereocenters. The largest absolute Gasteiger partial charge is 0.493 e. The van der Waals surface area contributed by atoms with Crippen LogP contribution in [0.25, 0.3) is 0 Å². The van der Waals surface area contributed by atoms with E-state index in [2.05, 4.69) is 37.2 Å². The minimum Gasteiger partial charge on any atom is -0.493 e. The summed E-state index contributed by atoms with van der Waals surface area (Å²) < 4.78 is 16.6. The standard InChI is InChI=1S/C30H53N3O5/c1-20(2)24(13-22-9-10-28(37-7)29(14-22)38-12-8-11-36-6)15-26(31)27(34)16-25(21(3)4)30(35)32-17-23-18-33(5)19-23/h9-10,14,20-21,23-27,34H,8,11-13,15-19,31H2,1-7H3,(H,32,35)/t24-,25-,26-,27-/m0/s1. The Bertz CT molecular complexity index is 828. The van der Waals surface area contributed by atoms with Crippen LogP contribution in [0.5, 0.6) is 11.5 Å². The van der Waals surface area contributed by atoms with E-state index < -0.39 is 12.1 Å². The van der Waals surface area contributed by atoms with E-state index in [4.69, 9.17) is 19.9 Å². The van der Waals surface area contributed by atoms with Crippen molar-refractivity contribution in [2.75, 3.05) is 54.1 Å². The van der Waals surface area contributed by atoms with E-state index in [0.29, 0.717) is 50.2 Å². The van der Waals surface area contributed by atoms with Gasteiger partial charge in [0.1, 0.15) is 0 Å². The van der Waals surface area contributed by atoms with Gasteiger partial charge in [0.25, 0.3) is 0 Å². The number of likely N-dealkylation sites (tertiary alicyclic amines) is 1. The molecule has 1 saturated heterocycles. The molecule has 1 aromatic carbocycles. The Hall–Kier alpha value is -1.87. The van der Waals surface area contributed by atoms with Gasteiger partial charge in [-0.3, -0.25) is 4.79 Å². The number of carbonyl (C=O) groups excluding carboxylic acids is 1. The Balaban J connectivity index is 1.97. The van der Waals surface area contributed by atoms with Crippen molar-refractivity contribution in [2.45, 2.75) is 65.5 Å². The number of carbonyl (C=O) groups is 1. The summed E-state index contributed by atoms with van der Waals surface area (Å²) in [6.45, 7) is 12.4. The Morgan fingerprint density at radius 3 is 2.39 bits per heavy atom. The zero-order valence-electron chi connectivity index (χ0n) is 24.7. The number of methoxy groups -OCH3 is 2. The molecule has 8 heteroatoms. The van der Waals surface area contributed by atoms with Gasteiger partial charge in [-0.1, -0.05) is 33.8 Å². The van der Waals surface area contributed by atoms with Crippen LogP contribution in [0.2, 0.25) is 0 Å². The first-order valence-electron chi connectivity index (χ1n) is 14.2. The summed E-state index contributed by atoms with van der Waals surface area (Å²) >= 11 is 0. The molecule has 2 rings (SSSR count). The van der Waals surface area contributed by atoms with Gasteiger partial charge >= 0.3 is 0 Å². The molecule has 8 nitrogen and oxygen atoms in total. The number of nitrogens with one attached hydrogen (secondary N) is 1. The van der Waals surface area contributed by atoms with Gasteiger partial charge in [-0.25, -0.2) is 0 Å². The summed E-state index contributed by atoms with van der Waals surface area (Å²) in [6, 6.07) is 5.65. The summed E-state index contributed by atoms with van der Waals surface area (Å²) in [7, 11) is 5.41. The lowest BCUT2D eigenvalue weighted by Crippen LogP contribution is -2.50. The molecule has 1 aliphatic rings. The fraction of sp³-hybridized carbons (Fsp3) is 0.767. The van der Waals surface area contributed by atoms with Gasteiger partial charge in [0.05, 0.1) is 19.8 Å². The highest BCUT2D eigenvalue weighted by Crippen LogP contribution is 2.32. The van der Waals surface area contributed by atoms with Crippen molar-refractivity contribution in [2.24, 2.45) is 35.3 Å². The van der Waals surface area contributed by atoms with Crippen molar-refractivity contribution in [1.29, 1.82) is 0 Å². The number of aliphatic hydroxyl groups is 1. The normalized spacial score (nSPS) is 17.7. The SMILES string of the molecule is COCCCOc1cc(C[C@@H](C[C@H](N)[C@@H](O)C[C@H](C(=O)NCC2CN(C)C2)C(C)C)C(C)C)ccc1OC. The third-order valence-electron chi connectivity index (χ3n) is 7.83. The lowest BCUT2D eigenvalue weighted by molar-refractivity contribution is -0.128. The Morgan fingerprint density at radius 2 is 1.82 bits per heavy atom. The molecular formula is C30H53N3O5. The number of rotatable bonds is 18. The van der Waals surface area contributed by atoms with E-state index in [1.54, 1.807) is 14.2 Å². The average Bonchev–Trinajstić information content (AvgIpc) is 2.86. The van der Waals surface area contributed by atoms with Crippen molar-refractivity contribution in [1.82, 2.24) is 10.2 Å². The second kappa shape index (κ2) is 16.3. The molecule has 0 aromatic heterocycles. The Kier molecular flexibility index (Phi) is 13.9. The van der Waals surface area contributed by atoms with E-state index >= 15 is 0 Å². The number of ether oxygens (including phenoxy) is 3. The van der Waals surface area contributed by atoms with Crippen LogP contribution < -0.4 is 20.5 Å². The van der Waals surface area contributed by atoms with Crippen LogP contribution in [0.4, 0.5) is 0 Å². The lowest BCUT2D eigenvalue weighted by atomic mass is 9.80. The van der Waals surface area contributed by atoms with Gasteiger partial charge in [0.2, 0.25) is 5.91 Å². The number of hydrogen-bond donors (Lipinski definition) is 3. The van der Waals surface area contributed by atoms with Gasteiger partial charge in [-0.2, -0.15) is 0 Å². The molecule has 0 radical (unpaired) electrons. The number of aliphatic hydroxyl groups excluding tert-OH is 1. The smallest absolute Gasteiger partial charge is 0.223 e. The number of hydrogen-bond acceptors (Lipinski definition) is 7. The van der Waals surface area contributed by atoms with Crippen LogP contribution in [-0.2, 0) is 16.0 Å². The van der Waals surface area contributed by atoms with Crippen LogP contribution >= 0.6 is 0 Å². The molecule has 0 bridgehead atoms. The Labute approximate surface area is 230 Å². The van der Waals surface area contributed by atoms with E-state index in [9.17, 15) is 9.90 Å². The van der Waals surface area contributed by atoms with Crippen LogP contribution in [0.3, 0.4) is 0 Å². The summed E-state index contributed by atoms with van der Waals surface area (Å²) in [4.78, 5) is 15.2. The minimum absolute atomic E-state index is 0.0254. The predicted octanol–water partition coefficient (Wildman–Crippen LogP) is 3.34. The zero-order chi connectivity index (χ0) is 28.2. The van der Waals surface area contributed by atoms with Gasteiger partial charge in [-0.05, 0) is 61.8 Å². The number of amides is 1. The first-order chi connectivity index (χ1) is 18.0. The molecule has 218 valence electrons.